The summed E-state index contributed by atoms with van der Waals surface area (Å²) < 4.78 is 33.2. The molecule has 0 fully saturated rings. The molecule has 36 heavy (non-hydrogen) atoms. The highest BCUT2D eigenvalue weighted by atomic mass is 32.2. The van der Waals surface area contributed by atoms with Gasteiger partial charge in [-0.1, -0.05) is 43.7 Å². The number of hydrogen-bond donors (Lipinski definition) is 1. The van der Waals surface area contributed by atoms with Gasteiger partial charge in [-0.05, 0) is 54.4 Å². The molecule has 0 heterocycles. The molecular formula is C25H26N4O6S. The number of benzene rings is 3. The summed E-state index contributed by atoms with van der Waals surface area (Å²) in [5.74, 6) is 0.000122. The van der Waals surface area contributed by atoms with Crippen LogP contribution >= 0.6 is 0 Å². The van der Waals surface area contributed by atoms with E-state index in [1.807, 2.05) is 0 Å². The minimum atomic E-state index is -4.45. The summed E-state index contributed by atoms with van der Waals surface area (Å²) in [7, 11) is -4.45. The van der Waals surface area contributed by atoms with Gasteiger partial charge in [0, 0.05) is 6.07 Å². The maximum absolute atomic E-state index is 13.4. The van der Waals surface area contributed by atoms with E-state index in [-0.39, 0.29) is 5.69 Å². The standard InChI is InChI=1S/C25H26N4O6S/c1-2-3-17-35-22-15-13-20(14-16-22)18-26-27-25(30)19-28(21-9-5-4-6-10-21)36(33,34)24-12-8-7-11-23(24)29(31)32/h4-16,18H,2-3,17,19H2,1H3,(H,27,30)/b26-18-. The van der Waals surface area contributed by atoms with Crippen molar-refractivity contribution in [2.45, 2.75) is 24.7 Å². The molecule has 0 bridgehead atoms. The Bertz CT molecular complexity index is 1310. The highest BCUT2D eigenvalue weighted by Gasteiger charge is 2.33. The van der Waals surface area contributed by atoms with Crippen molar-refractivity contribution in [1.82, 2.24) is 5.43 Å². The molecule has 188 valence electrons. The fraction of sp³-hybridized carbons (Fsp3) is 0.200. The monoisotopic (exact) mass is 510 g/mol. The number of ether oxygens (including phenoxy) is 1. The minimum absolute atomic E-state index is 0.174. The Labute approximate surface area is 209 Å². The molecule has 0 aliphatic heterocycles. The quantitative estimate of drug-likeness (QED) is 0.169. The van der Waals surface area contributed by atoms with Crippen LogP contribution in [0.15, 0.2) is 88.9 Å². The predicted molar refractivity (Wildman–Crippen MR) is 137 cm³/mol. The van der Waals surface area contributed by atoms with Gasteiger partial charge in [-0.15, -0.1) is 0 Å². The van der Waals surface area contributed by atoms with E-state index in [1.54, 1.807) is 42.5 Å². The number of nitro groups is 1. The highest BCUT2D eigenvalue weighted by Crippen LogP contribution is 2.29. The highest BCUT2D eigenvalue weighted by molar-refractivity contribution is 7.93. The molecule has 0 atom stereocenters. The molecule has 3 rings (SSSR count). The van der Waals surface area contributed by atoms with Gasteiger partial charge in [0.1, 0.15) is 12.3 Å². The first-order valence-corrected chi connectivity index (χ1v) is 12.6. The number of unbranched alkanes of at least 4 members (excludes halogenated alkanes) is 1. The average Bonchev–Trinajstić information content (AvgIpc) is 2.88. The molecule has 0 aliphatic rings. The third kappa shape index (κ3) is 6.89. The second-order valence-electron chi connectivity index (χ2n) is 7.64. The number of anilines is 1. The Morgan fingerprint density at radius 2 is 1.72 bits per heavy atom. The van der Waals surface area contributed by atoms with Gasteiger partial charge in [-0.3, -0.25) is 19.2 Å². The molecule has 0 saturated heterocycles. The van der Waals surface area contributed by atoms with E-state index >= 15 is 0 Å². The summed E-state index contributed by atoms with van der Waals surface area (Å²) in [6.07, 6.45) is 3.41. The lowest BCUT2D eigenvalue weighted by Crippen LogP contribution is -2.39. The van der Waals surface area contributed by atoms with Crippen molar-refractivity contribution in [1.29, 1.82) is 0 Å². The van der Waals surface area contributed by atoms with Crippen LogP contribution in [0.2, 0.25) is 0 Å². The van der Waals surface area contributed by atoms with Crippen LogP contribution in [0, 0.1) is 10.1 Å². The normalized spacial score (nSPS) is 11.2. The van der Waals surface area contributed by atoms with Crippen LogP contribution in [-0.4, -0.2) is 38.6 Å². The van der Waals surface area contributed by atoms with E-state index in [0.717, 1.165) is 35.0 Å². The zero-order valence-electron chi connectivity index (χ0n) is 19.6. The summed E-state index contributed by atoms with van der Waals surface area (Å²) in [6, 6.07) is 20.0. The number of carbonyl (C=O) groups is 1. The Hall–Kier alpha value is -4.25. The smallest absolute Gasteiger partial charge is 0.289 e. The lowest BCUT2D eigenvalue weighted by molar-refractivity contribution is -0.387. The Balaban J connectivity index is 1.75. The number of hydrogen-bond acceptors (Lipinski definition) is 7. The van der Waals surface area contributed by atoms with Crippen molar-refractivity contribution in [3.63, 3.8) is 0 Å². The van der Waals surface area contributed by atoms with Crippen molar-refractivity contribution < 1.29 is 22.9 Å². The van der Waals surface area contributed by atoms with E-state index in [4.69, 9.17) is 4.74 Å². The van der Waals surface area contributed by atoms with Gasteiger partial charge in [0.2, 0.25) is 0 Å². The van der Waals surface area contributed by atoms with E-state index < -0.39 is 38.0 Å². The third-order valence-corrected chi connectivity index (χ3v) is 6.83. The van der Waals surface area contributed by atoms with E-state index in [9.17, 15) is 23.3 Å². The summed E-state index contributed by atoms with van der Waals surface area (Å²) >= 11 is 0. The molecule has 1 N–H and O–H groups in total. The molecule has 0 unspecified atom stereocenters. The third-order valence-electron chi connectivity index (χ3n) is 5.01. The number of hydrazone groups is 1. The molecule has 11 heteroatoms. The van der Waals surface area contributed by atoms with E-state index in [0.29, 0.717) is 12.2 Å². The first kappa shape index (κ1) is 26.4. The maximum Gasteiger partial charge on any atom is 0.289 e. The van der Waals surface area contributed by atoms with Crippen LogP contribution in [0.5, 0.6) is 5.75 Å². The predicted octanol–water partition coefficient (Wildman–Crippen LogP) is 4.12. The van der Waals surface area contributed by atoms with Crippen molar-refractivity contribution in [2.75, 3.05) is 17.5 Å². The van der Waals surface area contributed by atoms with Gasteiger partial charge in [-0.2, -0.15) is 5.10 Å². The SMILES string of the molecule is CCCCOc1ccc(/C=N\NC(=O)CN(c2ccccc2)S(=O)(=O)c2ccccc2[N+](=O)[O-])cc1. The number of sulfonamides is 1. The summed E-state index contributed by atoms with van der Waals surface area (Å²) in [6.45, 7) is 2.07. The lowest BCUT2D eigenvalue weighted by Gasteiger charge is -2.23. The molecule has 1 amide bonds. The number of rotatable bonds is 12. The van der Waals surface area contributed by atoms with Gasteiger partial charge >= 0.3 is 0 Å². The number of nitrogens with one attached hydrogen (secondary N) is 1. The molecule has 0 aromatic heterocycles. The van der Waals surface area contributed by atoms with E-state index in [1.165, 1.54) is 30.5 Å². The van der Waals surface area contributed by atoms with Crippen LogP contribution in [0.4, 0.5) is 11.4 Å². The fourth-order valence-corrected chi connectivity index (χ4v) is 4.76. The Morgan fingerprint density at radius 1 is 1.06 bits per heavy atom. The number of amides is 1. The second kappa shape index (κ2) is 12.5. The van der Waals surface area contributed by atoms with Gasteiger partial charge in [0.25, 0.3) is 21.6 Å². The van der Waals surface area contributed by atoms with Crippen LogP contribution in [0.1, 0.15) is 25.3 Å². The van der Waals surface area contributed by atoms with Crippen molar-refractivity contribution >= 4 is 33.5 Å². The van der Waals surface area contributed by atoms with Crippen molar-refractivity contribution in [3.8, 4) is 5.75 Å². The summed E-state index contributed by atoms with van der Waals surface area (Å²) in [5, 5.41) is 15.3. The molecule has 3 aromatic carbocycles. The van der Waals surface area contributed by atoms with Gasteiger partial charge in [-0.25, -0.2) is 13.8 Å². The molecule has 0 aliphatic carbocycles. The van der Waals surface area contributed by atoms with Crippen LogP contribution in [0.25, 0.3) is 0 Å². The largest absolute Gasteiger partial charge is 0.494 e. The summed E-state index contributed by atoms with van der Waals surface area (Å²) in [5.41, 5.74) is 2.60. The Morgan fingerprint density at radius 3 is 2.39 bits per heavy atom. The number of carbonyl (C=O) groups excluding carboxylic acids is 1. The number of para-hydroxylation sites is 2. The van der Waals surface area contributed by atoms with Crippen LogP contribution < -0.4 is 14.5 Å². The number of nitrogens with zero attached hydrogens (tertiary/aromatic N) is 3. The topological polar surface area (TPSA) is 131 Å². The molecule has 0 spiro atoms. The van der Waals surface area contributed by atoms with Gasteiger partial charge in [0.15, 0.2) is 4.90 Å². The van der Waals surface area contributed by atoms with E-state index in [2.05, 4.69) is 17.5 Å². The molecule has 0 saturated carbocycles. The Kier molecular flexibility index (Phi) is 9.12. The van der Waals surface area contributed by atoms with Crippen LogP contribution in [-0.2, 0) is 14.8 Å². The first-order chi connectivity index (χ1) is 17.3. The molecule has 10 nitrogen and oxygen atoms in total. The van der Waals surface area contributed by atoms with Gasteiger partial charge in [0.05, 0.1) is 23.4 Å². The number of nitro benzene ring substituents is 1. The van der Waals surface area contributed by atoms with Crippen molar-refractivity contribution in [2.24, 2.45) is 5.10 Å². The summed E-state index contributed by atoms with van der Waals surface area (Å²) in [4.78, 5) is 22.8. The zero-order valence-corrected chi connectivity index (χ0v) is 20.4. The second-order valence-corrected chi connectivity index (χ2v) is 9.47. The first-order valence-electron chi connectivity index (χ1n) is 11.2. The van der Waals surface area contributed by atoms with Crippen LogP contribution in [0.3, 0.4) is 0 Å². The maximum atomic E-state index is 13.4. The van der Waals surface area contributed by atoms with Gasteiger partial charge < -0.3 is 4.74 Å². The average molecular weight is 511 g/mol. The zero-order chi connectivity index (χ0) is 26.0. The molecule has 0 radical (unpaired) electrons. The molecular weight excluding hydrogens is 484 g/mol. The van der Waals surface area contributed by atoms with Crippen molar-refractivity contribution in [3.05, 3.63) is 94.5 Å². The minimum Gasteiger partial charge on any atom is -0.494 e. The fourth-order valence-electron chi connectivity index (χ4n) is 3.18. The molecule has 3 aromatic rings. The lowest BCUT2D eigenvalue weighted by atomic mass is 10.2.